The standard InChI is InChI=1S/C28H20Cl2N2O3/c1-34-27-15-18(10-12-26(27)35-17-19-9-11-23(29)24(30)14-19)13-21(16-31)28(33)32-25-8-4-6-20-5-2-3-7-22(20)25/h2-15H,17H2,1H3,(H,32,33)/b21-13+. The smallest absolute Gasteiger partial charge is 0.266 e. The summed E-state index contributed by atoms with van der Waals surface area (Å²) >= 11 is 12.0. The van der Waals surface area contributed by atoms with Crippen molar-refractivity contribution in [2.75, 3.05) is 12.4 Å². The summed E-state index contributed by atoms with van der Waals surface area (Å²) in [5.41, 5.74) is 2.07. The Kier molecular flexibility index (Phi) is 7.57. The van der Waals surface area contributed by atoms with Gasteiger partial charge in [-0.1, -0.05) is 71.7 Å². The van der Waals surface area contributed by atoms with Crippen LogP contribution in [0.5, 0.6) is 11.5 Å². The number of nitrogens with one attached hydrogen (secondary N) is 1. The van der Waals surface area contributed by atoms with Gasteiger partial charge < -0.3 is 14.8 Å². The van der Waals surface area contributed by atoms with Gasteiger partial charge in [0.15, 0.2) is 11.5 Å². The minimum atomic E-state index is -0.497. The molecule has 0 aliphatic rings. The molecule has 1 N–H and O–H groups in total. The number of benzene rings is 4. The van der Waals surface area contributed by atoms with Gasteiger partial charge in [-0.15, -0.1) is 0 Å². The number of hydrogen-bond acceptors (Lipinski definition) is 4. The molecule has 0 saturated heterocycles. The van der Waals surface area contributed by atoms with Crippen molar-refractivity contribution < 1.29 is 14.3 Å². The lowest BCUT2D eigenvalue weighted by molar-refractivity contribution is -0.112. The van der Waals surface area contributed by atoms with E-state index in [0.29, 0.717) is 32.8 Å². The van der Waals surface area contributed by atoms with E-state index in [-0.39, 0.29) is 12.2 Å². The van der Waals surface area contributed by atoms with Crippen LogP contribution in [0.1, 0.15) is 11.1 Å². The van der Waals surface area contributed by atoms with Crippen molar-refractivity contribution in [3.8, 4) is 17.6 Å². The van der Waals surface area contributed by atoms with Gasteiger partial charge in [-0.3, -0.25) is 4.79 Å². The molecule has 0 fully saturated rings. The van der Waals surface area contributed by atoms with E-state index >= 15 is 0 Å². The summed E-state index contributed by atoms with van der Waals surface area (Å²) in [6.45, 7) is 0.263. The molecule has 4 aromatic carbocycles. The second-order valence-electron chi connectivity index (χ2n) is 7.60. The number of methoxy groups -OCH3 is 1. The predicted molar refractivity (Wildman–Crippen MR) is 140 cm³/mol. The normalized spacial score (nSPS) is 11.1. The zero-order valence-corrected chi connectivity index (χ0v) is 20.2. The quantitative estimate of drug-likeness (QED) is 0.213. The number of halogens is 2. The molecule has 0 aliphatic carbocycles. The highest BCUT2D eigenvalue weighted by Crippen LogP contribution is 2.31. The van der Waals surface area contributed by atoms with Crippen molar-refractivity contribution in [1.29, 1.82) is 5.26 Å². The minimum absolute atomic E-state index is 0.0375. The average Bonchev–Trinajstić information content (AvgIpc) is 2.88. The number of hydrogen-bond donors (Lipinski definition) is 1. The number of nitrogens with zero attached hydrogens (tertiary/aromatic N) is 1. The van der Waals surface area contributed by atoms with Gasteiger partial charge in [0.05, 0.1) is 17.2 Å². The Labute approximate surface area is 213 Å². The molecule has 1 amide bonds. The van der Waals surface area contributed by atoms with Crippen LogP contribution in [0, 0.1) is 11.3 Å². The van der Waals surface area contributed by atoms with E-state index in [2.05, 4.69) is 5.32 Å². The Hall–Kier alpha value is -3.98. The fraction of sp³-hybridized carbons (Fsp3) is 0.0714. The van der Waals surface area contributed by atoms with Gasteiger partial charge in [-0.05, 0) is 52.9 Å². The molecule has 0 radical (unpaired) electrons. The Morgan fingerprint density at radius 2 is 1.77 bits per heavy atom. The predicted octanol–water partition coefficient (Wildman–Crippen LogP) is 7.28. The molecule has 0 spiro atoms. The first-order valence-electron chi connectivity index (χ1n) is 10.6. The number of carbonyl (C=O) groups excluding carboxylic acids is 1. The molecule has 0 aromatic heterocycles. The van der Waals surface area contributed by atoms with Crippen molar-refractivity contribution in [3.05, 3.63) is 106 Å². The Morgan fingerprint density at radius 3 is 2.54 bits per heavy atom. The molecule has 7 heteroatoms. The molecule has 174 valence electrons. The van der Waals surface area contributed by atoms with Gasteiger partial charge in [0.25, 0.3) is 5.91 Å². The van der Waals surface area contributed by atoms with Crippen molar-refractivity contribution >= 4 is 51.6 Å². The van der Waals surface area contributed by atoms with Gasteiger partial charge in [0, 0.05) is 11.1 Å². The van der Waals surface area contributed by atoms with Gasteiger partial charge in [0.2, 0.25) is 0 Å². The Balaban J connectivity index is 1.52. The number of nitriles is 1. The van der Waals surface area contributed by atoms with Crippen LogP contribution in [0.4, 0.5) is 5.69 Å². The van der Waals surface area contributed by atoms with E-state index in [1.165, 1.54) is 13.2 Å². The van der Waals surface area contributed by atoms with Crippen molar-refractivity contribution in [2.45, 2.75) is 6.61 Å². The summed E-state index contributed by atoms with van der Waals surface area (Å²) in [5.74, 6) is 0.475. The van der Waals surface area contributed by atoms with E-state index in [1.54, 1.807) is 36.4 Å². The molecule has 0 bridgehead atoms. The van der Waals surface area contributed by atoms with Gasteiger partial charge in [-0.25, -0.2) is 0 Å². The summed E-state index contributed by atoms with van der Waals surface area (Å²) in [4.78, 5) is 12.8. The second kappa shape index (κ2) is 11.0. The first-order valence-corrected chi connectivity index (χ1v) is 11.4. The maximum atomic E-state index is 12.8. The highest BCUT2D eigenvalue weighted by Gasteiger charge is 2.13. The van der Waals surface area contributed by atoms with Crippen LogP contribution in [0.2, 0.25) is 10.0 Å². The second-order valence-corrected chi connectivity index (χ2v) is 8.41. The number of carbonyl (C=O) groups is 1. The largest absolute Gasteiger partial charge is 0.493 e. The number of amides is 1. The number of anilines is 1. The van der Waals surface area contributed by atoms with Crippen LogP contribution in [0.15, 0.2) is 84.4 Å². The van der Waals surface area contributed by atoms with Crippen LogP contribution in [0.25, 0.3) is 16.8 Å². The van der Waals surface area contributed by atoms with Crippen LogP contribution < -0.4 is 14.8 Å². The van der Waals surface area contributed by atoms with Crippen molar-refractivity contribution in [1.82, 2.24) is 0 Å². The third-order valence-electron chi connectivity index (χ3n) is 5.28. The maximum Gasteiger partial charge on any atom is 0.266 e. The molecule has 5 nitrogen and oxygen atoms in total. The average molecular weight is 503 g/mol. The number of rotatable bonds is 7. The van der Waals surface area contributed by atoms with Crippen LogP contribution in [-0.4, -0.2) is 13.0 Å². The summed E-state index contributed by atoms with van der Waals surface area (Å²) in [7, 11) is 1.52. The van der Waals surface area contributed by atoms with E-state index in [1.807, 2.05) is 48.5 Å². The maximum absolute atomic E-state index is 12.8. The number of fused-ring (bicyclic) bond motifs is 1. The Morgan fingerprint density at radius 1 is 0.971 bits per heavy atom. The molecular formula is C28H20Cl2N2O3. The topological polar surface area (TPSA) is 71.3 Å². The molecule has 0 aliphatic heterocycles. The molecule has 35 heavy (non-hydrogen) atoms. The zero-order chi connectivity index (χ0) is 24.8. The first-order chi connectivity index (χ1) is 17.0. The fourth-order valence-corrected chi connectivity index (χ4v) is 3.84. The first kappa shape index (κ1) is 24.2. The van der Waals surface area contributed by atoms with Gasteiger partial charge in [-0.2, -0.15) is 5.26 Å². The minimum Gasteiger partial charge on any atom is -0.493 e. The molecule has 0 unspecified atom stereocenters. The SMILES string of the molecule is COc1cc(/C=C(\C#N)C(=O)Nc2cccc3ccccc23)ccc1OCc1ccc(Cl)c(Cl)c1. The third-order valence-corrected chi connectivity index (χ3v) is 6.02. The third kappa shape index (κ3) is 5.75. The van der Waals surface area contributed by atoms with Gasteiger partial charge >= 0.3 is 0 Å². The molecule has 4 rings (SSSR count). The molecule has 4 aromatic rings. The zero-order valence-electron chi connectivity index (χ0n) is 18.7. The summed E-state index contributed by atoms with van der Waals surface area (Å²) in [6.07, 6.45) is 1.51. The van der Waals surface area contributed by atoms with E-state index < -0.39 is 5.91 Å². The Bertz CT molecular complexity index is 1470. The lowest BCUT2D eigenvalue weighted by Crippen LogP contribution is -2.13. The summed E-state index contributed by atoms with van der Waals surface area (Å²) in [6, 6.07) is 25.8. The molecule has 0 heterocycles. The lowest BCUT2D eigenvalue weighted by Gasteiger charge is -2.12. The summed E-state index contributed by atoms with van der Waals surface area (Å²) in [5, 5.41) is 15.3. The van der Waals surface area contributed by atoms with Gasteiger partial charge in [0.1, 0.15) is 18.2 Å². The monoisotopic (exact) mass is 502 g/mol. The van der Waals surface area contributed by atoms with E-state index in [4.69, 9.17) is 32.7 Å². The van der Waals surface area contributed by atoms with Crippen LogP contribution in [0.3, 0.4) is 0 Å². The number of ether oxygens (including phenoxy) is 2. The highest BCUT2D eigenvalue weighted by molar-refractivity contribution is 6.42. The van der Waals surface area contributed by atoms with Crippen LogP contribution in [-0.2, 0) is 11.4 Å². The molecule has 0 saturated carbocycles. The van der Waals surface area contributed by atoms with E-state index in [0.717, 1.165) is 16.3 Å². The van der Waals surface area contributed by atoms with Crippen molar-refractivity contribution in [3.63, 3.8) is 0 Å². The highest BCUT2D eigenvalue weighted by atomic mass is 35.5. The summed E-state index contributed by atoms with van der Waals surface area (Å²) < 4.78 is 11.3. The van der Waals surface area contributed by atoms with Crippen LogP contribution >= 0.6 is 23.2 Å². The molecule has 0 atom stereocenters. The molecular weight excluding hydrogens is 483 g/mol. The van der Waals surface area contributed by atoms with E-state index in [9.17, 15) is 10.1 Å². The lowest BCUT2D eigenvalue weighted by atomic mass is 10.1. The fourth-order valence-electron chi connectivity index (χ4n) is 3.52. The van der Waals surface area contributed by atoms with Crippen molar-refractivity contribution in [2.24, 2.45) is 0 Å².